The fourth-order valence-corrected chi connectivity index (χ4v) is 4.59. The van der Waals surface area contributed by atoms with Crippen LogP contribution in [0.2, 0.25) is 0 Å². The summed E-state index contributed by atoms with van der Waals surface area (Å²) < 4.78 is 14.2. The van der Waals surface area contributed by atoms with Crippen LogP contribution in [0.4, 0.5) is 15.8 Å². The first-order chi connectivity index (χ1) is 15.0. The number of hydroxylamine groups is 1. The lowest BCUT2D eigenvalue weighted by Crippen LogP contribution is -2.37. The van der Waals surface area contributed by atoms with Gasteiger partial charge in [0.15, 0.2) is 6.10 Å². The molecule has 0 N–H and O–H groups in total. The zero-order valence-electron chi connectivity index (χ0n) is 16.5. The first kappa shape index (κ1) is 19.9. The average molecular weight is 481 g/mol. The molecule has 2 saturated heterocycles. The van der Waals surface area contributed by atoms with Crippen molar-refractivity contribution in [1.82, 2.24) is 0 Å². The van der Waals surface area contributed by atoms with Gasteiger partial charge in [-0.1, -0.05) is 42.0 Å². The molecule has 0 aromatic heterocycles. The molecular formula is C24H18BrFN2O3. The van der Waals surface area contributed by atoms with Crippen molar-refractivity contribution in [2.24, 2.45) is 5.92 Å². The third-order valence-corrected chi connectivity index (χ3v) is 6.31. The molecule has 2 aliphatic rings. The van der Waals surface area contributed by atoms with Crippen LogP contribution in [0.5, 0.6) is 0 Å². The molecule has 2 aliphatic heterocycles. The highest BCUT2D eigenvalue weighted by atomic mass is 79.9. The monoisotopic (exact) mass is 480 g/mol. The number of hydrogen-bond donors (Lipinski definition) is 0. The SMILES string of the molecule is Cc1ccc(N2C(=O)[C@@H]3[C@H](ON(c4ccccc4)[C@H]3c3ccc(F)c(Br)c3)C2=O)cc1. The molecular weight excluding hydrogens is 463 g/mol. The summed E-state index contributed by atoms with van der Waals surface area (Å²) >= 11 is 3.23. The van der Waals surface area contributed by atoms with Crippen LogP contribution < -0.4 is 9.96 Å². The van der Waals surface area contributed by atoms with E-state index in [1.165, 1.54) is 11.0 Å². The van der Waals surface area contributed by atoms with Crippen molar-refractivity contribution in [2.75, 3.05) is 9.96 Å². The van der Waals surface area contributed by atoms with Crippen molar-refractivity contribution in [1.29, 1.82) is 0 Å². The van der Waals surface area contributed by atoms with Gasteiger partial charge in [-0.3, -0.25) is 14.4 Å². The standard InChI is InChI=1S/C24H18BrFN2O3/c1-14-7-10-16(11-8-14)27-23(29)20-21(15-9-12-19(26)18(25)13-15)28(31-22(20)24(27)30)17-5-3-2-4-6-17/h2-13,20-22H,1H3/t20-,21-,22-/m0/s1. The van der Waals surface area contributed by atoms with Gasteiger partial charge in [-0.05, 0) is 64.8 Å². The van der Waals surface area contributed by atoms with E-state index in [1.807, 2.05) is 49.4 Å². The van der Waals surface area contributed by atoms with E-state index in [9.17, 15) is 14.0 Å². The molecule has 0 aliphatic carbocycles. The van der Waals surface area contributed by atoms with Gasteiger partial charge in [-0.15, -0.1) is 0 Å². The number of hydrogen-bond acceptors (Lipinski definition) is 4. The van der Waals surface area contributed by atoms with Crippen molar-refractivity contribution in [3.8, 4) is 0 Å². The zero-order chi connectivity index (χ0) is 21.7. The second-order valence-electron chi connectivity index (χ2n) is 7.68. The molecule has 31 heavy (non-hydrogen) atoms. The van der Waals surface area contributed by atoms with E-state index in [1.54, 1.807) is 29.3 Å². The summed E-state index contributed by atoms with van der Waals surface area (Å²) in [5.41, 5.74) is 2.94. The number of fused-ring (bicyclic) bond motifs is 1. The third-order valence-electron chi connectivity index (χ3n) is 5.70. The van der Waals surface area contributed by atoms with Crippen LogP contribution in [-0.4, -0.2) is 17.9 Å². The van der Waals surface area contributed by atoms with Gasteiger partial charge in [0, 0.05) is 0 Å². The maximum Gasteiger partial charge on any atom is 0.266 e. The Kier molecular flexibility index (Phi) is 4.87. The molecule has 0 unspecified atom stereocenters. The van der Waals surface area contributed by atoms with Crippen LogP contribution in [0.25, 0.3) is 0 Å². The topological polar surface area (TPSA) is 49.9 Å². The summed E-state index contributed by atoms with van der Waals surface area (Å²) in [5.74, 6) is -1.89. The number of imide groups is 1. The Morgan fingerprint density at radius 2 is 1.61 bits per heavy atom. The van der Waals surface area contributed by atoms with Crippen molar-refractivity contribution in [3.05, 3.63) is 94.2 Å². The number of halogens is 2. The minimum absolute atomic E-state index is 0.286. The van der Waals surface area contributed by atoms with E-state index < -0.39 is 29.8 Å². The van der Waals surface area contributed by atoms with Crippen molar-refractivity contribution in [2.45, 2.75) is 19.1 Å². The van der Waals surface area contributed by atoms with Crippen molar-refractivity contribution < 1.29 is 18.8 Å². The fraction of sp³-hybridized carbons (Fsp3) is 0.167. The molecule has 5 nitrogen and oxygen atoms in total. The Bertz CT molecular complexity index is 1170. The smallest absolute Gasteiger partial charge is 0.266 e. The van der Waals surface area contributed by atoms with Gasteiger partial charge in [-0.2, -0.15) is 0 Å². The summed E-state index contributed by atoms with van der Waals surface area (Å²) in [5, 5.41) is 1.59. The summed E-state index contributed by atoms with van der Waals surface area (Å²) in [4.78, 5) is 34.0. The number of rotatable bonds is 3. The van der Waals surface area contributed by atoms with Gasteiger partial charge in [0.2, 0.25) is 5.91 Å². The number of amides is 2. The Balaban J connectivity index is 1.60. The number of para-hydroxylation sites is 1. The Labute approximate surface area is 187 Å². The number of anilines is 2. The highest BCUT2D eigenvalue weighted by molar-refractivity contribution is 9.10. The van der Waals surface area contributed by atoms with Gasteiger partial charge < -0.3 is 0 Å². The minimum atomic E-state index is -0.956. The van der Waals surface area contributed by atoms with E-state index in [4.69, 9.17) is 4.84 Å². The average Bonchev–Trinajstić information content (AvgIpc) is 3.28. The molecule has 2 fully saturated rings. The predicted molar refractivity (Wildman–Crippen MR) is 118 cm³/mol. The number of carbonyl (C=O) groups is 2. The number of aryl methyl sites for hydroxylation is 1. The second kappa shape index (κ2) is 7.59. The first-order valence-electron chi connectivity index (χ1n) is 9.86. The molecule has 5 rings (SSSR count). The predicted octanol–water partition coefficient (Wildman–Crippen LogP) is 4.95. The van der Waals surface area contributed by atoms with Crippen LogP contribution in [-0.2, 0) is 14.4 Å². The second-order valence-corrected chi connectivity index (χ2v) is 8.53. The van der Waals surface area contributed by atoms with Crippen molar-refractivity contribution in [3.63, 3.8) is 0 Å². The molecule has 2 heterocycles. The number of benzene rings is 3. The van der Waals surface area contributed by atoms with Crippen LogP contribution in [0.3, 0.4) is 0 Å². The quantitative estimate of drug-likeness (QED) is 0.497. The van der Waals surface area contributed by atoms with Gasteiger partial charge in [0.25, 0.3) is 5.91 Å². The fourth-order valence-electron chi connectivity index (χ4n) is 4.20. The lowest BCUT2D eigenvalue weighted by Gasteiger charge is -2.29. The summed E-state index contributed by atoms with van der Waals surface area (Å²) in [6, 6.07) is 20.5. The number of carbonyl (C=O) groups excluding carboxylic acids is 2. The van der Waals surface area contributed by atoms with Crippen LogP contribution in [0.1, 0.15) is 17.2 Å². The highest BCUT2D eigenvalue weighted by Gasteiger charge is 2.60. The Morgan fingerprint density at radius 1 is 0.903 bits per heavy atom. The van der Waals surface area contributed by atoms with Crippen LogP contribution in [0.15, 0.2) is 77.3 Å². The summed E-state index contributed by atoms with van der Waals surface area (Å²) in [6.07, 6.45) is -0.956. The van der Waals surface area contributed by atoms with E-state index in [-0.39, 0.29) is 10.4 Å². The highest BCUT2D eigenvalue weighted by Crippen LogP contribution is 2.48. The van der Waals surface area contributed by atoms with Gasteiger partial charge >= 0.3 is 0 Å². The summed E-state index contributed by atoms with van der Waals surface area (Å²) in [7, 11) is 0. The first-order valence-corrected chi connectivity index (χ1v) is 10.7. The Morgan fingerprint density at radius 3 is 2.29 bits per heavy atom. The molecule has 0 saturated carbocycles. The third kappa shape index (κ3) is 3.25. The van der Waals surface area contributed by atoms with E-state index >= 15 is 0 Å². The molecule has 0 bridgehead atoms. The lowest BCUT2D eigenvalue weighted by molar-refractivity contribution is -0.126. The molecule has 2 amide bonds. The molecule has 0 radical (unpaired) electrons. The van der Waals surface area contributed by atoms with E-state index in [0.29, 0.717) is 16.9 Å². The Hall–Kier alpha value is -3.03. The van der Waals surface area contributed by atoms with Crippen LogP contribution in [0, 0.1) is 18.7 Å². The molecule has 156 valence electrons. The van der Waals surface area contributed by atoms with Crippen LogP contribution >= 0.6 is 15.9 Å². The molecule has 3 aromatic rings. The van der Waals surface area contributed by atoms with Gasteiger partial charge in [0.05, 0.1) is 21.9 Å². The lowest BCUT2D eigenvalue weighted by atomic mass is 9.90. The maximum absolute atomic E-state index is 13.9. The van der Waals surface area contributed by atoms with Gasteiger partial charge in [0.1, 0.15) is 11.7 Å². The maximum atomic E-state index is 13.9. The molecule has 3 atom stereocenters. The summed E-state index contributed by atoms with van der Waals surface area (Å²) in [6.45, 7) is 1.94. The normalized spacial score (nSPS) is 22.9. The molecule has 0 spiro atoms. The molecule has 7 heteroatoms. The van der Waals surface area contributed by atoms with E-state index in [2.05, 4.69) is 15.9 Å². The van der Waals surface area contributed by atoms with Crippen molar-refractivity contribution >= 4 is 39.1 Å². The van der Waals surface area contributed by atoms with E-state index in [0.717, 1.165) is 5.56 Å². The minimum Gasteiger partial charge on any atom is -0.273 e. The molecule has 3 aromatic carbocycles. The zero-order valence-corrected chi connectivity index (χ0v) is 18.1. The largest absolute Gasteiger partial charge is 0.273 e. The number of nitrogens with zero attached hydrogens (tertiary/aromatic N) is 2. The van der Waals surface area contributed by atoms with Gasteiger partial charge in [-0.25, -0.2) is 14.4 Å².